The zero-order valence-electron chi connectivity index (χ0n) is 10.9. The maximum atomic E-state index is 11.3. The molecule has 0 saturated heterocycles. The van der Waals surface area contributed by atoms with Crippen molar-refractivity contribution in [2.24, 2.45) is 5.14 Å². The van der Waals surface area contributed by atoms with Gasteiger partial charge in [-0.05, 0) is 24.3 Å². The van der Waals surface area contributed by atoms with Crippen molar-refractivity contribution >= 4 is 33.3 Å². The van der Waals surface area contributed by atoms with Gasteiger partial charge in [-0.15, -0.1) is 0 Å². The van der Waals surface area contributed by atoms with Crippen molar-refractivity contribution in [3.05, 3.63) is 46.9 Å². The summed E-state index contributed by atoms with van der Waals surface area (Å²) in [4.78, 5) is 10.8. The number of rotatable bonds is 5. The van der Waals surface area contributed by atoms with E-state index >= 15 is 0 Å². The van der Waals surface area contributed by atoms with Crippen LogP contribution in [0.5, 0.6) is 0 Å². The first kappa shape index (κ1) is 18.7. The number of benzene rings is 1. The summed E-state index contributed by atoms with van der Waals surface area (Å²) in [6, 6.07) is 5.51. The normalized spacial score (nSPS) is 10.8. The molecule has 0 amide bonds. The topological polar surface area (TPSA) is 123 Å². The van der Waals surface area contributed by atoms with Gasteiger partial charge in [-0.2, -0.15) is 0 Å². The molecular formula is C12H11ClN2O5PtS. The fourth-order valence-electron chi connectivity index (χ4n) is 1.69. The number of carboxylic acid groups (broad SMARTS) is 1. The predicted octanol–water partition coefficient (Wildman–Crippen LogP) is 1.89. The Hall–Kier alpha value is -1.34. The molecule has 4 N–H and O–H groups in total. The summed E-state index contributed by atoms with van der Waals surface area (Å²) in [7, 11) is -4.11. The average Bonchev–Trinajstić information content (AvgIpc) is 2.87. The van der Waals surface area contributed by atoms with Crippen molar-refractivity contribution in [2.75, 3.05) is 5.32 Å². The van der Waals surface area contributed by atoms with Crippen molar-refractivity contribution < 1.29 is 43.8 Å². The number of carbonyl (C=O) groups is 1. The van der Waals surface area contributed by atoms with E-state index in [9.17, 15) is 13.2 Å². The molecular weight excluding hydrogens is 515 g/mol. The fraction of sp³-hybridized carbons (Fsp3) is 0.0833. The molecule has 22 heavy (non-hydrogen) atoms. The summed E-state index contributed by atoms with van der Waals surface area (Å²) in [5.74, 6) is -0.725. The Morgan fingerprint density at radius 2 is 2.09 bits per heavy atom. The quantitative estimate of drug-likeness (QED) is 0.548. The number of anilines is 1. The standard InChI is InChI=1S/C12H11ClN2O5S.Pt/c13-9-5-10(15-6-7-2-1-3-20-7)8(12(16)17)4-11(9)21(14,18)19;/h1-5,15H,6H2,(H,16,17)(H2,14,18,19);. The minimum Gasteiger partial charge on any atom is -0.478 e. The van der Waals surface area contributed by atoms with Crippen LogP contribution in [-0.4, -0.2) is 19.5 Å². The van der Waals surface area contributed by atoms with E-state index < -0.39 is 20.9 Å². The summed E-state index contributed by atoms with van der Waals surface area (Å²) in [5, 5.41) is 16.8. The maximum Gasteiger partial charge on any atom is 0.337 e. The number of sulfonamides is 1. The molecule has 0 unspecified atom stereocenters. The molecule has 0 bridgehead atoms. The number of aromatic carboxylic acids is 1. The fourth-order valence-corrected chi connectivity index (χ4v) is 2.79. The summed E-state index contributed by atoms with van der Waals surface area (Å²) in [5.41, 5.74) is -0.0914. The van der Waals surface area contributed by atoms with Gasteiger partial charge >= 0.3 is 5.97 Å². The van der Waals surface area contributed by atoms with Crippen LogP contribution in [0.25, 0.3) is 0 Å². The van der Waals surface area contributed by atoms with Crippen LogP contribution < -0.4 is 10.5 Å². The summed E-state index contributed by atoms with van der Waals surface area (Å²) >= 11 is 5.84. The second-order valence-electron chi connectivity index (χ2n) is 4.11. The molecule has 0 spiro atoms. The first-order valence-electron chi connectivity index (χ1n) is 5.65. The van der Waals surface area contributed by atoms with Gasteiger partial charge in [0.2, 0.25) is 10.0 Å². The van der Waals surface area contributed by atoms with Gasteiger partial charge in [0.15, 0.2) is 0 Å². The molecule has 1 aromatic carbocycles. The maximum absolute atomic E-state index is 11.3. The SMILES string of the molecule is NS(=O)(=O)c1cc(C(=O)O)c(NCc2ccco2)cc1Cl.[Pt]. The van der Waals surface area contributed by atoms with Crippen molar-refractivity contribution in [3.8, 4) is 0 Å². The number of nitrogens with one attached hydrogen (secondary N) is 1. The summed E-state index contributed by atoms with van der Waals surface area (Å²) in [6.45, 7) is 0.221. The van der Waals surface area contributed by atoms with E-state index in [0.717, 1.165) is 6.07 Å². The molecule has 0 aliphatic heterocycles. The Labute approximate surface area is 145 Å². The Bertz CT molecular complexity index is 777. The van der Waals surface area contributed by atoms with E-state index in [1.165, 1.54) is 12.3 Å². The van der Waals surface area contributed by atoms with Gasteiger partial charge in [-0.3, -0.25) is 0 Å². The Morgan fingerprint density at radius 1 is 1.41 bits per heavy atom. The molecule has 122 valence electrons. The Balaban J connectivity index is 0.00000242. The van der Waals surface area contributed by atoms with Gasteiger partial charge < -0.3 is 14.8 Å². The minimum absolute atomic E-state index is 0. The number of hydrogen-bond acceptors (Lipinski definition) is 5. The van der Waals surface area contributed by atoms with E-state index in [-0.39, 0.29) is 43.9 Å². The number of halogens is 1. The van der Waals surface area contributed by atoms with Gasteiger partial charge in [0, 0.05) is 21.1 Å². The third kappa shape index (κ3) is 4.33. The van der Waals surface area contributed by atoms with Crippen LogP contribution in [0.3, 0.4) is 0 Å². The van der Waals surface area contributed by atoms with Gasteiger partial charge in [0.05, 0.1) is 29.1 Å². The van der Waals surface area contributed by atoms with Crippen molar-refractivity contribution in [1.29, 1.82) is 0 Å². The van der Waals surface area contributed by atoms with E-state index in [1.807, 2.05) is 0 Å². The molecule has 0 radical (unpaired) electrons. The molecule has 7 nitrogen and oxygen atoms in total. The second kappa shape index (κ2) is 7.28. The van der Waals surface area contributed by atoms with Gasteiger partial charge in [-0.25, -0.2) is 18.4 Å². The summed E-state index contributed by atoms with van der Waals surface area (Å²) in [6.07, 6.45) is 1.48. The van der Waals surface area contributed by atoms with Crippen LogP contribution in [-0.2, 0) is 37.6 Å². The zero-order chi connectivity index (χ0) is 15.6. The van der Waals surface area contributed by atoms with Crippen LogP contribution in [0.4, 0.5) is 5.69 Å². The van der Waals surface area contributed by atoms with E-state index in [0.29, 0.717) is 5.76 Å². The van der Waals surface area contributed by atoms with Gasteiger partial charge in [-0.1, -0.05) is 11.6 Å². The minimum atomic E-state index is -4.11. The molecule has 0 aliphatic carbocycles. The molecule has 1 aromatic heterocycles. The van der Waals surface area contributed by atoms with Gasteiger partial charge in [0.25, 0.3) is 0 Å². The van der Waals surface area contributed by atoms with E-state index in [1.54, 1.807) is 12.1 Å². The smallest absolute Gasteiger partial charge is 0.337 e. The van der Waals surface area contributed by atoms with E-state index in [2.05, 4.69) is 5.32 Å². The number of carboxylic acids is 1. The molecule has 2 rings (SSSR count). The zero-order valence-corrected chi connectivity index (χ0v) is 14.7. The second-order valence-corrected chi connectivity index (χ2v) is 6.05. The number of nitrogens with two attached hydrogens (primary N) is 1. The Kier molecular flexibility index (Phi) is 6.19. The van der Waals surface area contributed by atoms with Gasteiger partial charge in [0.1, 0.15) is 10.7 Å². The number of primary sulfonamides is 1. The van der Waals surface area contributed by atoms with Crippen LogP contribution in [0, 0.1) is 0 Å². The van der Waals surface area contributed by atoms with Crippen molar-refractivity contribution in [2.45, 2.75) is 11.4 Å². The molecule has 0 atom stereocenters. The van der Waals surface area contributed by atoms with Crippen LogP contribution in [0.2, 0.25) is 5.02 Å². The molecule has 10 heteroatoms. The molecule has 2 aromatic rings. The van der Waals surface area contributed by atoms with Crippen molar-refractivity contribution in [3.63, 3.8) is 0 Å². The van der Waals surface area contributed by atoms with E-state index in [4.69, 9.17) is 26.3 Å². The number of hydrogen-bond donors (Lipinski definition) is 3. The predicted molar refractivity (Wildman–Crippen MR) is 75.8 cm³/mol. The molecule has 0 fully saturated rings. The third-order valence-electron chi connectivity index (χ3n) is 2.64. The number of furan rings is 1. The third-order valence-corrected chi connectivity index (χ3v) is 4.02. The van der Waals surface area contributed by atoms with Crippen LogP contribution >= 0.6 is 11.6 Å². The molecule has 0 aliphatic rings. The molecule has 1 heterocycles. The molecule has 0 saturated carbocycles. The first-order valence-corrected chi connectivity index (χ1v) is 7.57. The monoisotopic (exact) mass is 525 g/mol. The Morgan fingerprint density at radius 3 is 2.59 bits per heavy atom. The van der Waals surface area contributed by atoms with Crippen LogP contribution in [0.15, 0.2) is 39.8 Å². The van der Waals surface area contributed by atoms with Crippen LogP contribution in [0.1, 0.15) is 16.1 Å². The van der Waals surface area contributed by atoms with Crippen molar-refractivity contribution in [1.82, 2.24) is 0 Å². The first-order chi connectivity index (χ1) is 9.79. The largest absolute Gasteiger partial charge is 0.478 e. The average molecular weight is 526 g/mol. The summed E-state index contributed by atoms with van der Waals surface area (Å²) < 4.78 is 27.8.